The Morgan fingerprint density at radius 1 is 1.60 bits per heavy atom. The van der Waals surface area contributed by atoms with Crippen LogP contribution < -0.4 is 11.1 Å². The monoisotopic (exact) mass is 208 g/mol. The molecule has 0 amide bonds. The van der Waals surface area contributed by atoms with Crippen molar-refractivity contribution >= 4 is 5.84 Å². The molecule has 82 valence electrons. The lowest BCUT2D eigenvalue weighted by atomic mass is 10.1. The van der Waals surface area contributed by atoms with Crippen LogP contribution in [0.4, 0.5) is 0 Å². The number of oxime groups is 1. The summed E-state index contributed by atoms with van der Waals surface area (Å²) in [6.07, 6.45) is 3.51. The summed E-state index contributed by atoms with van der Waals surface area (Å²) in [6.45, 7) is 3.83. The van der Waals surface area contributed by atoms with Gasteiger partial charge in [-0.25, -0.2) is 0 Å². The van der Waals surface area contributed by atoms with Crippen LogP contribution >= 0.6 is 0 Å². The van der Waals surface area contributed by atoms with Crippen LogP contribution in [0.25, 0.3) is 0 Å². The molecule has 0 aliphatic heterocycles. The first kappa shape index (κ1) is 11.5. The Labute approximate surface area is 89.0 Å². The van der Waals surface area contributed by atoms with Crippen molar-refractivity contribution in [2.45, 2.75) is 25.9 Å². The summed E-state index contributed by atoms with van der Waals surface area (Å²) >= 11 is 0. The molecule has 0 bridgehead atoms. The Balaban J connectivity index is 2.60. The summed E-state index contributed by atoms with van der Waals surface area (Å²) < 4.78 is 0. The molecule has 5 heteroatoms. The second kappa shape index (κ2) is 5.31. The van der Waals surface area contributed by atoms with Crippen LogP contribution in [-0.4, -0.2) is 22.1 Å². The molecule has 0 aliphatic rings. The van der Waals surface area contributed by atoms with Gasteiger partial charge in [0.25, 0.3) is 0 Å². The molecule has 0 aliphatic carbocycles. The fourth-order valence-corrected chi connectivity index (χ4v) is 1.28. The summed E-state index contributed by atoms with van der Waals surface area (Å²) in [6, 6.07) is 3.78. The van der Waals surface area contributed by atoms with Crippen LogP contribution in [0.15, 0.2) is 29.7 Å². The average molecular weight is 208 g/mol. The number of nitrogens with two attached hydrogens (primary N) is 1. The van der Waals surface area contributed by atoms with Crippen molar-refractivity contribution in [2.75, 3.05) is 0 Å². The molecule has 1 heterocycles. The summed E-state index contributed by atoms with van der Waals surface area (Å²) in [5, 5.41) is 14.6. The van der Waals surface area contributed by atoms with E-state index < -0.39 is 0 Å². The number of nitrogens with one attached hydrogen (secondary N) is 1. The normalized spacial score (nSPS) is 16.0. The highest BCUT2D eigenvalue weighted by molar-refractivity contribution is 5.84. The lowest BCUT2D eigenvalue weighted by molar-refractivity contribution is 0.314. The SMILES string of the molecule is CC(NC(C)c1cccnc1)C(N)=NO. The highest BCUT2D eigenvalue weighted by Crippen LogP contribution is 2.10. The molecule has 15 heavy (non-hydrogen) atoms. The lowest BCUT2D eigenvalue weighted by Crippen LogP contribution is -2.40. The molecule has 0 spiro atoms. The van der Waals surface area contributed by atoms with Gasteiger partial charge in [0.05, 0.1) is 6.04 Å². The van der Waals surface area contributed by atoms with Crippen LogP contribution in [0, 0.1) is 0 Å². The number of hydrogen-bond acceptors (Lipinski definition) is 4. The zero-order valence-electron chi connectivity index (χ0n) is 8.88. The molecule has 0 radical (unpaired) electrons. The van der Waals surface area contributed by atoms with Crippen LogP contribution in [0.2, 0.25) is 0 Å². The fourth-order valence-electron chi connectivity index (χ4n) is 1.28. The third kappa shape index (κ3) is 3.21. The predicted molar refractivity (Wildman–Crippen MR) is 58.7 cm³/mol. The molecule has 0 aromatic carbocycles. The van der Waals surface area contributed by atoms with Crippen molar-refractivity contribution < 1.29 is 5.21 Å². The largest absolute Gasteiger partial charge is 0.409 e. The Morgan fingerprint density at radius 2 is 2.33 bits per heavy atom. The van der Waals surface area contributed by atoms with E-state index in [1.165, 1.54) is 0 Å². The van der Waals surface area contributed by atoms with Crippen molar-refractivity contribution in [3.63, 3.8) is 0 Å². The average Bonchev–Trinajstić information content (AvgIpc) is 2.29. The summed E-state index contributed by atoms with van der Waals surface area (Å²) in [5.41, 5.74) is 6.53. The molecular formula is C10H16N4O. The maximum absolute atomic E-state index is 8.50. The zero-order valence-corrected chi connectivity index (χ0v) is 8.88. The molecule has 1 aromatic rings. The molecule has 2 unspecified atom stereocenters. The number of aromatic nitrogens is 1. The molecule has 2 atom stereocenters. The Bertz CT molecular complexity index is 325. The van der Waals surface area contributed by atoms with Gasteiger partial charge in [-0.15, -0.1) is 0 Å². The van der Waals surface area contributed by atoms with Gasteiger partial charge in [-0.05, 0) is 25.5 Å². The van der Waals surface area contributed by atoms with Gasteiger partial charge in [-0.3, -0.25) is 4.98 Å². The van der Waals surface area contributed by atoms with Crippen molar-refractivity contribution in [3.8, 4) is 0 Å². The second-order valence-corrected chi connectivity index (χ2v) is 3.42. The van der Waals surface area contributed by atoms with Gasteiger partial charge in [-0.1, -0.05) is 11.2 Å². The minimum atomic E-state index is -0.176. The molecule has 0 fully saturated rings. The van der Waals surface area contributed by atoms with E-state index in [4.69, 9.17) is 10.9 Å². The number of rotatable bonds is 4. The van der Waals surface area contributed by atoms with E-state index >= 15 is 0 Å². The van der Waals surface area contributed by atoms with E-state index in [0.29, 0.717) is 0 Å². The number of hydrogen-bond donors (Lipinski definition) is 3. The third-order valence-corrected chi connectivity index (χ3v) is 2.24. The maximum atomic E-state index is 8.50. The number of amidine groups is 1. The highest BCUT2D eigenvalue weighted by Gasteiger charge is 2.12. The molecule has 0 saturated carbocycles. The molecule has 1 rings (SSSR count). The van der Waals surface area contributed by atoms with Gasteiger partial charge >= 0.3 is 0 Å². The zero-order chi connectivity index (χ0) is 11.3. The first-order chi connectivity index (χ1) is 7.15. The molecule has 0 saturated heterocycles. The fraction of sp³-hybridized carbons (Fsp3) is 0.400. The van der Waals surface area contributed by atoms with E-state index in [0.717, 1.165) is 5.56 Å². The van der Waals surface area contributed by atoms with Gasteiger partial charge in [0.15, 0.2) is 5.84 Å². The first-order valence-electron chi connectivity index (χ1n) is 4.78. The highest BCUT2D eigenvalue weighted by atomic mass is 16.4. The molecule has 5 nitrogen and oxygen atoms in total. The van der Waals surface area contributed by atoms with Crippen molar-refractivity contribution in [2.24, 2.45) is 10.9 Å². The van der Waals surface area contributed by atoms with Crippen LogP contribution in [0.1, 0.15) is 25.5 Å². The van der Waals surface area contributed by atoms with Gasteiger partial charge in [0.1, 0.15) is 0 Å². The van der Waals surface area contributed by atoms with E-state index in [9.17, 15) is 0 Å². The van der Waals surface area contributed by atoms with Crippen molar-refractivity contribution in [1.82, 2.24) is 10.3 Å². The Kier molecular flexibility index (Phi) is 4.05. The van der Waals surface area contributed by atoms with Crippen LogP contribution in [0.5, 0.6) is 0 Å². The predicted octanol–water partition coefficient (Wildman–Crippen LogP) is 0.867. The van der Waals surface area contributed by atoms with Gasteiger partial charge in [0.2, 0.25) is 0 Å². The standard InChI is InChI=1S/C10H16N4O/c1-7(9-4-3-5-12-6-9)13-8(2)10(11)14-15/h3-8,13,15H,1-2H3,(H2,11,14). The minimum absolute atomic E-state index is 0.106. The lowest BCUT2D eigenvalue weighted by Gasteiger charge is -2.18. The third-order valence-electron chi connectivity index (χ3n) is 2.24. The Morgan fingerprint density at radius 3 is 2.87 bits per heavy atom. The summed E-state index contributed by atoms with van der Waals surface area (Å²) in [7, 11) is 0. The molecular weight excluding hydrogens is 192 g/mol. The minimum Gasteiger partial charge on any atom is -0.409 e. The van der Waals surface area contributed by atoms with Gasteiger partial charge in [-0.2, -0.15) is 0 Å². The summed E-state index contributed by atoms with van der Waals surface area (Å²) in [4.78, 5) is 4.03. The Hall–Kier alpha value is -1.62. The summed E-state index contributed by atoms with van der Waals surface area (Å²) in [5.74, 6) is 0.172. The van der Waals surface area contributed by atoms with E-state index in [1.54, 1.807) is 12.4 Å². The van der Waals surface area contributed by atoms with Gasteiger partial charge in [0, 0.05) is 18.4 Å². The maximum Gasteiger partial charge on any atom is 0.156 e. The first-order valence-corrected chi connectivity index (χ1v) is 4.78. The van der Waals surface area contributed by atoms with Crippen LogP contribution in [0.3, 0.4) is 0 Å². The van der Waals surface area contributed by atoms with E-state index in [2.05, 4.69) is 15.5 Å². The van der Waals surface area contributed by atoms with E-state index in [1.807, 2.05) is 26.0 Å². The van der Waals surface area contributed by atoms with Crippen molar-refractivity contribution in [1.29, 1.82) is 0 Å². The van der Waals surface area contributed by atoms with Crippen molar-refractivity contribution in [3.05, 3.63) is 30.1 Å². The van der Waals surface area contributed by atoms with Gasteiger partial charge < -0.3 is 16.3 Å². The number of pyridine rings is 1. The topological polar surface area (TPSA) is 83.5 Å². The smallest absolute Gasteiger partial charge is 0.156 e. The van der Waals surface area contributed by atoms with E-state index in [-0.39, 0.29) is 17.9 Å². The number of nitrogens with zero attached hydrogens (tertiary/aromatic N) is 2. The second-order valence-electron chi connectivity index (χ2n) is 3.42. The quantitative estimate of drug-likeness (QED) is 0.297. The van der Waals surface area contributed by atoms with Crippen LogP contribution in [-0.2, 0) is 0 Å². The molecule has 4 N–H and O–H groups in total. The molecule has 1 aromatic heterocycles.